The van der Waals surface area contributed by atoms with Gasteiger partial charge in [-0.05, 0) is 27.7 Å². The quantitative estimate of drug-likeness (QED) is 0.742. The van der Waals surface area contributed by atoms with Crippen LogP contribution in [-0.2, 0) is 19.1 Å². The maximum atomic E-state index is 12.0. The van der Waals surface area contributed by atoms with E-state index in [2.05, 4.69) is 10.5 Å². The minimum Gasteiger partial charge on any atom is -0.451 e. The lowest BCUT2D eigenvalue weighted by Crippen LogP contribution is -2.44. The maximum absolute atomic E-state index is 12.0. The van der Waals surface area contributed by atoms with Crippen LogP contribution >= 0.6 is 0 Å². The summed E-state index contributed by atoms with van der Waals surface area (Å²) in [6.07, 6.45) is 0.433. The Balaban J connectivity index is 2.52. The molecule has 1 N–H and O–H groups in total. The molecular weight excluding hydrogens is 262 g/mol. The Kier molecular flexibility index (Phi) is 5.66. The predicted octanol–water partition coefficient (Wildman–Crippen LogP) is 0.441. The lowest BCUT2D eigenvalue weighted by Gasteiger charge is -2.30. The first-order valence-corrected chi connectivity index (χ1v) is 6.66. The van der Waals surface area contributed by atoms with Crippen LogP contribution in [0.2, 0.25) is 0 Å². The van der Waals surface area contributed by atoms with Crippen molar-refractivity contribution in [3.63, 3.8) is 0 Å². The van der Waals surface area contributed by atoms with Gasteiger partial charge in [0.15, 0.2) is 6.61 Å². The van der Waals surface area contributed by atoms with E-state index in [0.717, 1.165) is 0 Å². The van der Waals surface area contributed by atoms with E-state index in [-0.39, 0.29) is 49.1 Å². The zero-order chi connectivity index (χ0) is 15.3. The Labute approximate surface area is 118 Å². The van der Waals surface area contributed by atoms with E-state index in [4.69, 9.17) is 4.74 Å². The van der Waals surface area contributed by atoms with Crippen LogP contribution in [0.1, 0.15) is 40.5 Å². The second-order valence-corrected chi connectivity index (χ2v) is 5.16. The molecule has 112 valence electrons. The second kappa shape index (κ2) is 7.02. The van der Waals surface area contributed by atoms with Crippen molar-refractivity contribution in [1.29, 1.82) is 0 Å². The Morgan fingerprint density at radius 1 is 1.25 bits per heavy atom. The van der Waals surface area contributed by atoms with Gasteiger partial charge in [-0.25, -0.2) is 10.2 Å². The van der Waals surface area contributed by atoms with E-state index < -0.39 is 5.97 Å². The minimum atomic E-state index is -0.661. The summed E-state index contributed by atoms with van der Waals surface area (Å²) in [4.78, 5) is 36.3. The molecule has 1 aliphatic rings. The largest absolute Gasteiger partial charge is 0.451 e. The smallest absolute Gasteiger partial charge is 0.355 e. The van der Waals surface area contributed by atoms with Gasteiger partial charge in [0.2, 0.25) is 5.91 Å². The average molecular weight is 283 g/mol. The number of hydrogen-bond donors (Lipinski definition) is 1. The maximum Gasteiger partial charge on any atom is 0.355 e. The van der Waals surface area contributed by atoms with E-state index in [1.807, 2.05) is 27.7 Å². The molecule has 7 heteroatoms. The summed E-state index contributed by atoms with van der Waals surface area (Å²) in [5.74, 6) is -1.14. The summed E-state index contributed by atoms with van der Waals surface area (Å²) in [5.41, 5.74) is 2.35. The molecular formula is C13H21N3O4. The molecule has 0 bridgehead atoms. The summed E-state index contributed by atoms with van der Waals surface area (Å²) in [7, 11) is 0. The normalized spacial score (nSPS) is 14.9. The van der Waals surface area contributed by atoms with Crippen molar-refractivity contribution >= 4 is 23.5 Å². The summed E-state index contributed by atoms with van der Waals surface area (Å²) < 4.78 is 4.95. The lowest BCUT2D eigenvalue weighted by molar-refractivity contribution is -0.149. The highest BCUT2D eigenvalue weighted by Crippen LogP contribution is 2.07. The molecule has 0 fully saturated rings. The standard InChI is InChI=1S/C13H21N3O4/c1-8(2)16(9(3)4)12(18)7-20-13(19)10-5-6-11(17)15-14-10/h8-9H,5-7H2,1-4H3,(H,15,17). The van der Waals surface area contributed by atoms with Crippen molar-refractivity contribution in [2.45, 2.75) is 52.6 Å². The Hall–Kier alpha value is -1.92. The molecule has 0 aromatic rings. The third kappa shape index (κ3) is 4.32. The first-order valence-electron chi connectivity index (χ1n) is 6.66. The number of carbonyl (C=O) groups is 3. The van der Waals surface area contributed by atoms with Gasteiger partial charge in [0.1, 0.15) is 5.71 Å². The van der Waals surface area contributed by atoms with E-state index in [0.29, 0.717) is 0 Å². The first kappa shape index (κ1) is 16.1. The number of amides is 2. The molecule has 0 unspecified atom stereocenters. The van der Waals surface area contributed by atoms with Crippen molar-refractivity contribution in [2.24, 2.45) is 5.10 Å². The molecule has 0 saturated heterocycles. The molecule has 1 rings (SSSR count). The molecule has 7 nitrogen and oxygen atoms in total. The van der Waals surface area contributed by atoms with Crippen molar-refractivity contribution < 1.29 is 19.1 Å². The van der Waals surface area contributed by atoms with Crippen LogP contribution in [-0.4, -0.2) is 47.1 Å². The number of ether oxygens (including phenoxy) is 1. The van der Waals surface area contributed by atoms with Crippen LogP contribution in [0.15, 0.2) is 5.10 Å². The van der Waals surface area contributed by atoms with Gasteiger partial charge in [-0.3, -0.25) is 9.59 Å². The predicted molar refractivity (Wildman–Crippen MR) is 72.9 cm³/mol. The number of nitrogens with one attached hydrogen (secondary N) is 1. The highest BCUT2D eigenvalue weighted by atomic mass is 16.5. The molecule has 20 heavy (non-hydrogen) atoms. The number of esters is 1. The van der Waals surface area contributed by atoms with Gasteiger partial charge in [-0.15, -0.1) is 0 Å². The van der Waals surface area contributed by atoms with Crippen molar-refractivity contribution in [2.75, 3.05) is 6.61 Å². The summed E-state index contributed by atoms with van der Waals surface area (Å²) in [6.45, 7) is 7.30. The number of nitrogens with zero attached hydrogens (tertiary/aromatic N) is 2. The fourth-order valence-corrected chi connectivity index (χ4v) is 2.08. The number of carbonyl (C=O) groups excluding carboxylic acids is 3. The molecule has 0 radical (unpaired) electrons. The van der Waals surface area contributed by atoms with Crippen LogP contribution in [0.3, 0.4) is 0 Å². The molecule has 2 amide bonds. The van der Waals surface area contributed by atoms with Crippen LogP contribution in [0, 0.1) is 0 Å². The second-order valence-electron chi connectivity index (χ2n) is 5.16. The zero-order valence-electron chi connectivity index (χ0n) is 12.3. The molecule has 0 aromatic heterocycles. The minimum absolute atomic E-state index is 0.0347. The van der Waals surface area contributed by atoms with Crippen LogP contribution in [0.5, 0.6) is 0 Å². The Morgan fingerprint density at radius 3 is 2.30 bits per heavy atom. The van der Waals surface area contributed by atoms with Gasteiger partial charge in [0, 0.05) is 24.9 Å². The SMILES string of the molecule is CC(C)N(C(=O)COC(=O)C1=NNC(=O)CC1)C(C)C. The van der Waals surface area contributed by atoms with E-state index in [9.17, 15) is 14.4 Å². The van der Waals surface area contributed by atoms with Crippen molar-refractivity contribution in [1.82, 2.24) is 10.3 Å². The van der Waals surface area contributed by atoms with Crippen LogP contribution in [0.25, 0.3) is 0 Å². The molecule has 1 aliphatic heterocycles. The third-order valence-corrected chi connectivity index (χ3v) is 2.87. The topological polar surface area (TPSA) is 88.1 Å². The lowest BCUT2D eigenvalue weighted by atomic mass is 10.2. The highest BCUT2D eigenvalue weighted by molar-refractivity contribution is 6.37. The molecule has 0 saturated carbocycles. The zero-order valence-corrected chi connectivity index (χ0v) is 12.3. The van der Waals surface area contributed by atoms with Crippen LogP contribution in [0.4, 0.5) is 0 Å². The van der Waals surface area contributed by atoms with Gasteiger partial charge in [-0.1, -0.05) is 0 Å². The molecule has 1 heterocycles. The monoisotopic (exact) mass is 283 g/mol. The number of hydrogen-bond acceptors (Lipinski definition) is 5. The van der Waals surface area contributed by atoms with Crippen molar-refractivity contribution in [3.8, 4) is 0 Å². The fourth-order valence-electron chi connectivity index (χ4n) is 2.08. The Morgan fingerprint density at radius 2 is 1.85 bits per heavy atom. The van der Waals surface area contributed by atoms with E-state index >= 15 is 0 Å². The van der Waals surface area contributed by atoms with Gasteiger partial charge in [-0.2, -0.15) is 5.10 Å². The Bertz CT molecular complexity index is 421. The van der Waals surface area contributed by atoms with Gasteiger partial charge < -0.3 is 9.64 Å². The van der Waals surface area contributed by atoms with Gasteiger partial charge >= 0.3 is 5.97 Å². The summed E-state index contributed by atoms with van der Waals surface area (Å²) in [6, 6.07) is 0.0695. The summed E-state index contributed by atoms with van der Waals surface area (Å²) >= 11 is 0. The average Bonchev–Trinajstić information content (AvgIpc) is 2.36. The molecule has 0 aromatic carbocycles. The first-order chi connectivity index (χ1) is 9.32. The van der Waals surface area contributed by atoms with E-state index in [1.165, 1.54) is 0 Å². The fraction of sp³-hybridized carbons (Fsp3) is 0.692. The van der Waals surface area contributed by atoms with Gasteiger partial charge in [0.25, 0.3) is 5.91 Å². The number of rotatable bonds is 5. The molecule has 0 aliphatic carbocycles. The third-order valence-electron chi connectivity index (χ3n) is 2.87. The van der Waals surface area contributed by atoms with Gasteiger partial charge in [0.05, 0.1) is 0 Å². The molecule has 0 spiro atoms. The summed E-state index contributed by atoms with van der Waals surface area (Å²) in [5, 5.41) is 3.62. The highest BCUT2D eigenvalue weighted by Gasteiger charge is 2.24. The van der Waals surface area contributed by atoms with E-state index in [1.54, 1.807) is 4.90 Å². The van der Waals surface area contributed by atoms with Crippen LogP contribution < -0.4 is 5.43 Å². The molecule has 0 atom stereocenters. The number of hydrazone groups is 1. The van der Waals surface area contributed by atoms with Crippen molar-refractivity contribution in [3.05, 3.63) is 0 Å².